The van der Waals surface area contributed by atoms with Gasteiger partial charge in [0, 0.05) is 0 Å². The fraction of sp³-hybridized carbons (Fsp3) is 0.875. The Morgan fingerprint density at radius 1 is 1.25 bits per heavy atom. The van der Waals surface area contributed by atoms with E-state index >= 15 is 0 Å². The van der Waals surface area contributed by atoms with Crippen molar-refractivity contribution in [2.75, 3.05) is 13.2 Å². The average Bonchev–Trinajstić information content (AvgIpc) is 2.25. The number of ether oxygens (including phenoxy) is 2. The molecule has 0 saturated carbocycles. The van der Waals surface area contributed by atoms with Gasteiger partial charge in [0.25, 0.3) is 0 Å². The van der Waals surface area contributed by atoms with Gasteiger partial charge < -0.3 is 35.6 Å². The van der Waals surface area contributed by atoms with Crippen molar-refractivity contribution < 1.29 is 34.7 Å². The zero-order chi connectivity index (χ0) is 12.3. The van der Waals surface area contributed by atoms with Crippen LogP contribution in [0, 0.1) is 0 Å². The van der Waals surface area contributed by atoms with Crippen LogP contribution in [-0.2, 0) is 14.3 Å². The number of primary amides is 1. The van der Waals surface area contributed by atoms with E-state index in [0.29, 0.717) is 0 Å². The van der Waals surface area contributed by atoms with Gasteiger partial charge in [-0.2, -0.15) is 0 Å². The molecule has 1 aliphatic rings. The highest BCUT2D eigenvalue weighted by Crippen LogP contribution is 2.21. The summed E-state index contributed by atoms with van der Waals surface area (Å²) < 4.78 is 9.72. The van der Waals surface area contributed by atoms with Crippen LogP contribution < -0.4 is 5.73 Å². The third kappa shape index (κ3) is 2.88. The Morgan fingerprint density at radius 3 is 2.38 bits per heavy atom. The molecule has 16 heavy (non-hydrogen) atoms. The fourth-order valence-electron chi connectivity index (χ4n) is 1.37. The number of nitrogens with two attached hydrogens (primary N) is 1. The van der Waals surface area contributed by atoms with E-state index < -0.39 is 49.8 Å². The molecular weight excluding hydrogens is 222 g/mol. The summed E-state index contributed by atoms with van der Waals surface area (Å²) >= 11 is 0. The molecule has 8 heteroatoms. The zero-order valence-electron chi connectivity index (χ0n) is 8.39. The van der Waals surface area contributed by atoms with Crippen LogP contribution in [0.4, 0.5) is 0 Å². The van der Waals surface area contributed by atoms with Crippen LogP contribution in [0.2, 0.25) is 0 Å². The summed E-state index contributed by atoms with van der Waals surface area (Å²) in [5.41, 5.74) is 4.82. The van der Waals surface area contributed by atoms with Crippen LogP contribution in [0.3, 0.4) is 0 Å². The van der Waals surface area contributed by atoms with E-state index in [0.717, 1.165) is 0 Å². The minimum absolute atomic E-state index is 0.497. The molecule has 0 aromatic heterocycles. The van der Waals surface area contributed by atoms with E-state index in [1.807, 2.05) is 0 Å². The Balaban J connectivity index is 2.60. The van der Waals surface area contributed by atoms with Gasteiger partial charge in [0.15, 0.2) is 6.29 Å². The molecule has 0 spiro atoms. The molecule has 1 heterocycles. The molecule has 1 saturated heterocycles. The van der Waals surface area contributed by atoms with Crippen molar-refractivity contribution in [1.29, 1.82) is 0 Å². The summed E-state index contributed by atoms with van der Waals surface area (Å²) in [6.07, 6.45) is -6.87. The maximum Gasteiger partial charge on any atom is 0.243 e. The van der Waals surface area contributed by atoms with Crippen molar-refractivity contribution in [3.63, 3.8) is 0 Å². The van der Waals surface area contributed by atoms with Crippen molar-refractivity contribution in [1.82, 2.24) is 0 Å². The molecular formula is C8H15NO7. The average molecular weight is 237 g/mol. The Kier molecular flexibility index (Phi) is 4.59. The summed E-state index contributed by atoms with van der Waals surface area (Å²) in [4.78, 5) is 10.4. The summed E-state index contributed by atoms with van der Waals surface area (Å²) in [6.45, 7) is -1.05. The highest BCUT2D eigenvalue weighted by molar-refractivity contribution is 5.74. The first-order valence-electron chi connectivity index (χ1n) is 4.67. The lowest BCUT2D eigenvalue weighted by atomic mass is 9.99. The van der Waals surface area contributed by atoms with E-state index in [4.69, 9.17) is 20.3 Å². The Labute approximate surface area is 91.2 Å². The predicted molar refractivity (Wildman–Crippen MR) is 48.9 cm³/mol. The summed E-state index contributed by atoms with van der Waals surface area (Å²) in [5.74, 6) is -0.767. The molecule has 1 rings (SSSR count). The van der Waals surface area contributed by atoms with Crippen LogP contribution in [0.1, 0.15) is 0 Å². The first-order chi connectivity index (χ1) is 7.47. The Morgan fingerprint density at radius 2 is 1.88 bits per heavy atom. The maximum atomic E-state index is 10.4. The van der Waals surface area contributed by atoms with Gasteiger partial charge in [0.1, 0.15) is 31.0 Å². The SMILES string of the molecule is NC(=O)CO[C@@H]1O[C@@H](CO)[C@H](O)[C@H](O)[C@@H]1O. The molecule has 0 radical (unpaired) electrons. The van der Waals surface area contributed by atoms with Crippen LogP contribution in [0.15, 0.2) is 0 Å². The van der Waals surface area contributed by atoms with Crippen molar-refractivity contribution >= 4 is 5.91 Å². The lowest BCUT2D eigenvalue weighted by molar-refractivity contribution is -0.299. The largest absolute Gasteiger partial charge is 0.394 e. The Hall–Kier alpha value is -0.770. The molecule has 8 nitrogen and oxygen atoms in total. The minimum Gasteiger partial charge on any atom is -0.394 e. The van der Waals surface area contributed by atoms with Crippen molar-refractivity contribution in [2.45, 2.75) is 30.7 Å². The third-order valence-corrected chi connectivity index (χ3v) is 2.24. The van der Waals surface area contributed by atoms with Crippen molar-refractivity contribution in [3.8, 4) is 0 Å². The summed E-state index contributed by atoms with van der Waals surface area (Å²) in [7, 11) is 0. The first-order valence-corrected chi connectivity index (χ1v) is 4.67. The molecule has 0 bridgehead atoms. The van der Waals surface area contributed by atoms with Crippen LogP contribution >= 0.6 is 0 Å². The van der Waals surface area contributed by atoms with Crippen LogP contribution in [0.5, 0.6) is 0 Å². The highest BCUT2D eigenvalue weighted by Gasteiger charge is 2.44. The van der Waals surface area contributed by atoms with E-state index in [1.165, 1.54) is 0 Å². The fourth-order valence-corrected chi connectivity index (χ4v) is 1.37. The molecule has 0 unspecified atom stereocenters. The number of carbonyl (C=O) groups excluding carboxylic acids is 1. The van der Waals surface area contributed by atoms with Gasteiger partial charge in [-0.15, -0.1) is 0 Å². The predicted octanol–water partition coefficient (Wildman–Crippen LogP) is -3.71. The van der Waals surface area contributed by atoms with Gasteiger partial charge in [-0.25, -0.2) is 0 Å². The van der Waals surface area contributed by atoms with E-state index in [-0.39, 0.29) is 0 Å². The monoisotopic (exact) mass is 237 g/mol. The molecule has 0 aromatic rings. The van der Waals surface area contributed by atoms with E-state index in [1.54, 1.807) is 0 Å². The van der Waals surface area contributed by atoms with Gasteiger partial charge in [-0.1, -0.05) is 0 Å². The first kappa shape index (κ1) is 13.3. The van der Waals surface area contributed by atoms with Gasteiger partial charge >= 0.3 is 0 Å². The lowest BCUT2D eigenvalue weighted by Gasteiger charge is -2.39. The summed E-state index contributed by atoms with van der Waals surface area (Å²) in [5, 5.41) is 37.0. The molecule has 1 fully saturated rings. The molecule has 6 N–H and O–H groups in total. The minimum atomic E-state index is -1.52. The quantitative estimate of drug-likeness (QED) is 0.338. The van der Waals surface area contributed by atoms with E-state index in [9.17, 15) is 20.1 Å². The van der Waals surface area contributed by atoms with Crippen molar-refractivity contribution in [3.05, 3.63) is 0 Å². The number of aliphatic hydroxyl groups excluding tert-OH is 4. The topological polar surface area (TPSA) is 142 Å². The number of rotatable bonds is 4. The van der Waals surface area contributed by atoms with Crippen LogP contribution in [-0.4, -0.2) is 70.3 Å². The normalized spacial score (nSPS) is 39.6. The second-order valence-corrected chi connectivity index (χ2v) is 3.47. The molecule has 1 aliphatic heterocycles. The van der Waals surface area contributed by atoms with Crippen LogP contribution in [0.25, 0.3) is 0 Å². The second-order valence-electron chi connectivity index (χ2n) is 3.47. The highest BCUT2D eigenvalue weighted by atomic mass is 16.7. The Bertz CT molecular complexity index is 247. The maximum absolute atomic E-state index is 10.4. The van der Waals surface area contributed by atoms with Gasteiger partial charge in [-0.3, -0.25) is 4.79 Å². The molecule has 94 valence electrons. The lowest BCUT2D eigenvalue weighted by Crippen LogP contribution is -2.59. The van der Waals surface area contributed by atoms with Crippen molar-refractivity contribution in [2.24, 2.45) is 5.73 Å². The number of hydrogen-bond acceptors (Lipinski definition) is 7. The molecule has 1 amide bonds. The number of hydrogen-bond donors (Lipinski definition) is 5. The number of amides is 1. The number of aliphatic hydroxyl groups is 4. The zero-order valence-corrected chi connectivity index (χ0v) is 8.39. The number of carbonyl (C=O) groups is 1. The molecule has 0 aliphatic carbocycles. The molecule has 5 atom stereocenters. The van der Waals surface area contributed by atoms with Gasteiger partial charge in [0.2, 0.25) is 5.91 Å². The summed E-state index contributed by atoms with van der Waals surface area (Å²) in [6, 6.07) is 0. The third-order valence-electron chi connectivity index (χ3n) is 2.24. The second kappa shape index (κ2) is 5.53. The van der Waals surface area contributed by atoms with Gasteiger partial charge in [-0.05, 0) is 0 Å². The molecule has 0 aromatic carbocycles. The van der Waals surface area contributed by atoms with E-state index in [2.05, 4.69) is 0 Å². The smallest absolute Gasteiger partial charge is 0.243 e. The standard InChI is InChI=1S/C8H15NO7/c9-4(11)2-15-8-7(14)6(13)5(12)3(1-10)16-8/h3,5-8,10,12-14H,1-2H2,(H2,9,11)/t3-,5-,6-,7-,8+/m0/s1. The van der Waals surface area contributed by atoms with Gasteiger partial charge in [0.05, 0.1) is 6.61 Å².